The average molecular weight is 397 g/mol. The molecule has 3 fully saturated rings. The molecule has 0 bridgehead atoms. The van der Waals surface area contributed by atoms with Gasteiger partial charge in [-0.05, 0) is 51.4 Å². The zero-order valence-electron chi connectivity index (χ0n) is 17.5. The number of piperazine rings is 1. The molecular formula is C22H32N6O. The van der Waals surface area contributed by atoms with Crippen LogP contribution in [0.5, 0.6) is 0 Å². The Balaban J connectivity index is 1.30. The summed E-state index contributed by atoms with van der Waals surface area (Å²) in [6, 6.07) is 8.33. The van der Waals surface area contributed by atoms with E-state index in [1.807, 2.05) is 12.1 Å². The molecule has 3 saturated heterocycles. The Morgan fingerprint density at radius 2 is 1.83 bits per heavy atom. The van der Waals surface area contributed by atoms with Gasteiger partial charge >= 0.3 is 0 Å². The molecular weight excluding hydrogens is 364 g/mol. The molecule has 0 aliphatic carbocycles. The van der Waals surface area contributed by atoms with Gasteiger partial charge in [-0.25, -0.2) is 4.98 Å². The summed E-state index contributed by atoms with van der Waals surface area (Å²) in [6.07, 6.45) is 4.34. The number of nitriles is 1. The second-order valence-corrected chi connectivity index (χ2v) is 8.67. The van der Waals surface area contributed by atoms with Crippen LogP contribution in [0.15, 0.2) is 18.2 Å². The lowest BCUT2D eigenvalue weighted by atomic mass is 9.92. The minimum atomic E-state index is 0.166. The third kappa shape index (κ3) is 4.71. The maximum Gasteiger partial charge on any atom is 0.227 e. The molecule has 4 heterocycles. The lowest BCUT2D eigenvalue weighted by Crippen LogP contribution is -2.54. The molecule has 0 spiro atoms. The van der Waals surface area contributed by atoms with Crippen LogP contribution in [-0.2, 0) is 4.79 Å². The van der Waals surface area contributed by atoms with E-state index in [0.29, 0.717) is 17.6 Å². The van der Waals surface area contributed by atoms with Crippen LogP contribution in [0.1, 0.15) is 31.4 Å². The highest BCUT2D eigenvalue weighted by molar-refractivity contribution is 5.79. The number of hydrogen-bond acceptors (Lipinski definition) is 6. The van der Waals surface area contributed by atoms with Crippen LogP contribution in [0.25, 0.3) is 0 Å². The van der Waals surface area contributed by atoms with Crippen molar-refractivity contribution in [3.63, 3.8) is 0 Å². The summed E-state index contributed by atoms with van der Waals surface area (Å²) < 4.78 is 0. The number of carbonyl (C=O) groups excluding carboxylic acids is 1. The van der Waals surface area contributed by atoms with Crippen LogP contribution >= 0.6 is 0 Å². The monoisotopic (exact) mass is 396 g/mol. The first-order valence-corrected chi connectivity index (χ1v) is 11.0. The molecule has 0 saturated carbocycles. The Bertz CT molecular complexity index is 746. The number of nitrogens with zero attached hydrogens (tertiary/aromatic N) is 6. The van der Waals surface area contributed by atoms with Crippen molar-refractivity contribution >= 4 is 11.7 Å². The molecule has 1 atom stereocenters. The number of piperidine rings is 2. The minimum Gasteiger partial charge on any atom is -0.356 e. The number of likely N-dealkylation sites (N-methyl/N-ethyl adjacent to an activating group) is 1. The van der Waals surface area contributed by atoms with Gasteiger partial charge in [0.2, 0.25) is 5.91 Å². The molecule has 4 rings (SSSR count). The third-order valence-corrected chi connectivity index (χ3v) is 6.77. The van der Waals surface area contributed by atoms with Crippen molar-refractivity contribution in [2.45, 2.75) is 31.7 Å². The Morgan fingerprint density at radius 1 is 1.07 bits per heavy atom. The average Bonchev–Trinajstić information content (AvgIpc) is 2.79. The van der Waals surface area contributed by atoms with Crippen LogP contribution in [0.2, 0.25) is 0 Å². The van der Waals surface area contributed by atoms with Crippen molar-refractivity contribution in [2.24, 2.45) is 5.92 Å². The molecule has 1 aromatic heterocycles. The maximum atomic E-state index is 13.0. The largest absolute Gasteiger partial charge is 0.356 e. The molecule has 3 aliphatic rings. The summed E-state index contributed by atoms with van der Waals surface area (Å²) in [5.41, 5.74) is 0.478. The summed E-state index contributed by atoms with van der Waals surface area (Å²) >= 11 is 0. The topological polar surface area (TPSA) is 66.7 Å². The first-order chi connectivity index (χ1) is 14.1. The van der Waals surface area contributed by atoms with E-state index >= 15 is 0 Å². The molecule has 1 aromatic rings. The Morgan fingerprint density at radius 3 is 2.55 bits per heavy atom. The number of likely N-dealkylation sites (tertiary alicyclic amines) is 1. The van der Waals surface area contributed by atoms with E-state index in [9.17, 15) is 4.79 Å². The van der Waals surface area contributed by atoms with Crippen molar-refractivity contribution in [3.05, 3.63) is 23.9 Å². The van der Waals surface area contributed by atoms with Gasteiger partial charge < -0.3 is 14.7 Å². The van der Waals surface area contributed by atoms with E-state index in [4.69, 9.17) is 5.26 Å². The second kappa shape index (κ2) is 9.10. The van der Waals surface area contributed by atoms with Crippen LogP contribution < -0.4 is 4.90 Å². The van der Waals surface area contributed by atoms with Crippen molar-refractivity contribution in [1.29, 1.82) is 5.26 Å². The summed E-state index contributed by atoms with van der Waals surface area (Å²) in [7, 11) is 2.13. The molecule has 0 N–H and O–H groups in total. The van der Waals surface area contributed by atoms with Gasteiger partial charge in [-0.2, -0.15) is 5.26 Å². The molecule has 3 aliphatic heterocycles. The lowest BCUT2D eigenvalue weighted by molar-refractivity contribution is -0.139. The van der Waals surface area contributed by atoms with Crippen LogP contribution in [-0.4, -0.2) is 91.0 Å². The summed E-state index contributed by atoms with van der Waals surface area (Å²) in [5.74, 6) is 1.45. The van der Waals surface area contributed by atoms with Gasteiger partial charge in [0.05, 0.1) is 5.92 Å². The highest BCUT2D eigenvalue weighted by atomic mass is 16.2. The van der Waals surface area contributed by atoms with E-state index in [1.54, 1.807) is 6.07 Å². The number of rotatable bonds is 3. The van der Waals surface area contributed by atoms with Crippen molar-refractivity contribution in [2.75, 3.05) is 64.3 Å². The van der Waals surface area contributed by atoms with Gasteiger partial charge in [0.1, 0.15) is 17.6 Å². The zero-order chi connectivity index (χ0) is 20.2. The number of anilines is 1. The summed E-state index contributed by atoms with van der Waals surface area (Å²) in [5, 5.41) is 9.08. The fourth-order valence-electron chi connectivity index (χ4n) is 4.95. The van der Waals surface area contributed by atoms with Gasteiger partial charge in [-0.1, -0.05) is 6.07 Å². The number of hydrogen-bond donors (Lipinski definition) is 0. The fourth-order valence-corrected chi connectivity index (χ4v) is 4.95. The zero-order valence-corrected chi connectivity index (χ0v) is 17.5. The second-order valence-electron chi connectivity index (χ2n) is 8.67. The number of carbonyl (C=O) groups is 1. The number of aromatic nitrogens is 1. The maximum absolute atomic E-state index is 13.0. The molecule has 0 aromatic carbocycles. The van der Waals surface area contributed by atoms with Crippen molar-refractivity contribution < 1.29 is 4.79 Å². The number of pyridine rings is 1. The first kappa shape index (κ1) is 20.1. The normalized spacial score (nSPS) is 25.0. The molecule has 7 heteroatoms. The van der Waals surface area contributed by atoms with Gasteiger partial charge in [-0.3, -0.25) is 9.69 Å². The fraction of sp³-hybridized carbons (Fsp3) is 0.682. The van der Waals surface area contributed by atoms with E-state index < -0.39 is 0 Å². The van der Waals surface area contributed by atoms with Crippen LogP contribution in [0.3, 0.4) is 0 Å². The van der Waals surface area contributed by atoms with E-state index in [-0.39, 0.29) is 5.92 Å². The van der Waals surface area contributed by atoms with Gasteiger partial charge in [0.15, 0.2) is 0 Å². The Hall–Kier alpha value is -2.17. The Kier molecular flexibility index (Phi) is 6.31. The lowest BCUT2D eigenvalue weighted by Gasteiger charge is -2.43. The number of amides is 1. The van der Waals surface area contributed by atoms with E-state index in [2.05, 4.69) is 37.7 Å². The summed E-state index contributed by atoms with van der Waals surface area (Å²) in [6.45, 7) is 7.67. The molecule has 0 radical (unpaired) electrons. The predicted molar refractivity (Wildman–Crippen MR) is 113 cm³/mol. The predicted octanol–water partition coefficient (Wildman–Crippen LogP) is 1.41. The van der Waals surface area contributed by atoms with Gasteiger partial charge in [0, 0.05) is 51.9 Å². The molecule has 156 valence electrons. The molecule has 29 heavy (non-hydrogen) atoms. The molecule has 1 unspecified atom stereocenters. The van der Waals surface area contributed by atoms with Crippen LogP contribution in [0, 0.1) is 17.2 Å². The molecule has 7 nitrogen and oxygen atoms in total. The molecule has 1 amide bonds. The Labute approximate surface area is 173 Å². The minimum absolute atomic E-state index is 0.166. The first-order valence-electron chi connectivity index (χ1n) is 11.0. The van der Waals surface area contributed by atoms with Crippen molar-refractivity contribution in [3.8, 4) is 6.07 Å². The third-order valence-electron chi connectivity index (χ3n) is 6.77. The smallest absolute Gasteiger partial charge is 0.227 e. The summed E-state index contributed by atoms with van der Waals surface area (Å²) in [4.78, 5) is 26.7. The van der Waals surface area contributed by atoms with E-state index in [1.165, 1.54) is 0 Å². The highest BCUT2D eigenvalue weighted by Crippen LogP contribution is 2.27. The van der Waals surface area contributed by atoms with Crippen molar-refractivity contribution in [1.82, 2.24) is 19.7 Å². The van der Waals surface area contributed by atoms with Crippen LogP contribution in [0.4, 0.5) is 5.82 Å². The van der Waals surface area contributed by atoms with Gasteiger partial charge in [0.25, 0.3) is 0 Å². The van der Waals surface area contributed by atoms with E-state index in [0.717, 1.165) is 83.9 Å². The van der Waals surface area contributed by atoms with Gasteiger partial charge in [-0.15, -0.1) is 0 Å². The standard InChI is InChI=1S/C22H32N6O/c1-25-12-14-27(15-13-25)22(29)18-4-3-9-28(17-18)20-7-10-26(11-8-20)21-6-2-5-19(16-23)24-21/h2,5-6,18,20H,3-4,7-15,17H2,1H3. The quantitative estimate of drug-likeness (QED) is 0.770. The highest BCUT2D eigenvalue weighted by Gasteiger charge is 2.34. The SMILES string of the molecule is CN1CCN(C(=O)C2CCCN(C3CCN(c4cccc(C#N)n4)CC3)C2)CC1.